The van der Waals surface area contributed by atoms with Crippen molar-refractivity contribution in [2.75, 3.05) is 38.7 Å². The maximum atomic E-state index is 14.4. The fourth-order valence-electron chi connectivity index (χ4n) is 3.22. The second kappa shape index (κ2) is 9.07. The van der Waals surface area contributed by atoms with Gasteiger partial charge in [0.2, 0.25) is 10.0 Å². The van der Waals surface area contributed by atoms with Crippen LogP contribution in [0.3, 0.4) is 0 Å². The van der Waals surface area contributed by atoms with Gasteiger partial charge in [-0.25, -0.2) is 17.5 Å². The molecule has 11 heteroatoms. The number of rotatable bonds is 6. The minimum atomic E-state index is -4.06. The Morgan fingerprint density at radius 2 is 1.84 bits per heavy atom. The van der Waals surface area contributed by atoms with Crippen LogP contribution in [0.4, 0.5) is 10.1 Å². The molecule has 1 aliphatic rings. The van der Waals surface area contributed by atoms with E-state index < -0.39 is 26.6 Å². The SMILES string of the molecule is COc1ccc(-n2ccc(C(=O)Nc3ccc(F)c(S(=O)(=O)N4CCOCC4)c3)n2)cc1. The number of nitrogens with zero attached hydrogens (tertiary/aromatic N) is 3. The third-order valence-electron chi connectivity index (χ3n) is 4.94. The lowest BCUT2D eigenvalue weighted by atomic mass is 10.3. The van der Waals surface area contributed by atoms with Crippen LogP contribution in [0.2, 0.25) is 0 Å². The molecule has 1 aromatic heterocycles. The van der Waals surface area contributed by atoms with Crippen LogP contribution in [0.5, 0.6) is 5.75 Å². The van der Waals surface area contributed by atoms with E-state index in [0.717, 1.165) is 22.1 Å². The summed E-state index contributed by atoms with van der Waals surface area (Å²) in [5, 5.41) is 6.82. The minimum Gasteiger partial charge on any atom is -0.497 e. The first-order valence-corrected chi connectivity index (χ1v) is 11.2. The first-order valence-electron chi connectivity index (χ1n) is 9.77. The van der Waals surface area contributed by atoms with E-state index in [2.05, 4.69) is 10.4 Å². The largest absolute Gasteiger partial charge is 0.497 e. The van der Waals surface area contributed by atoms with Crippen molar-refractivity contribution in [3.63, 3.8) is 0 Å². The zero-order valence-corrected chi connectivity index (χ0v) is 18.0. The van der Waals surface area contributed by atoms with E-state index in [1.54, 1.807) is 37.6 Å². The molecule has 9 nitrogen and oxygen atoms in total. The Morgan fingerprint density at radius 1 is 1.12 bits per heavy atom. The third kappa shape index (κ3) is 4.49. The Balaban J connectivity index is 1.52. The molecule has 1 amide bonds. The molecular formula is C21H21FN4O5S. The van der Waals surface area contributed by atoms with E-state index in [1.807, 2.05) is 0 Å². The normalized spacial score (nSPS) is 14.8. The highest BCUT2D eigenvalue weighted by atomic mass is 32.2. The van der Waals surface area contributed by atoms with Gasteiger partial charge in [0.05, 0.1) is 26.0 Å². The summed E-state index contributed by atoms with van der Waals surface area (Å²) in [6.45, 7) is 0.768. The number of carbonyl (C=O) groups excluding carboxylic acids is 1. The van der Waals surface area contributed by atoms with Crippen molar-refractivity contribution in [2.45, 2.75) is 4.90 Å². The molecule has 0 aliphatic carbocycles. The van der Waals surface area contributed by atoms with Crippen molar-refractivity contribution >= 4 is 21.6 Å². The van der Waals surface area contributed by atoms with Gasteiger partial charge in [-0.1, -0.05) is 0 Å². The van der Waals surface area contributed by atoms with Crippen LogP contribution >= 0.6 is 0 Å². The number of sulfonamides is 1. The molecule has 0 atom stereocenters. The summed E-state index contributed by atoms with van der Waals surface area (Å²) in [5.41, 5.74) is 0.982. The van der Waals surface area contributed by atoms with Crippen LogP contribution in [-0.2, 0) is 14.8 Å². The van der Waals surface area contributed by atoms with Crippen LogP contribution in [-0.4, -0.2) is 61.8 Å². The van der Waals surface area contributed by atoms with Gasteiger partial charge < -0.3 is 14.8 Å². The number of morpholine rings is 1. The van der Waals surface area contributed by atoms with E-state index in [4.69, 9.17) is 9.47 Å². The number of aromatic nitrogens is 2. The predicted molar refractivity (Wildman–Crippen MR) is 114 cm³/mol. The molecule has 0 unspecified atom stereocenters. The average Bonchev–Trinajstić information content (AvgIpc) is 3.31. The standard InChI is InChI=1S/C21H21FN4O5S/c1-30-17-5-3-16(4-6-17)26-9-8-19(24-26)21(27)23-15-2-7-18(22)20(14-15)32(28,29)25-10-12-31-13-11-25/h2-9,14H,10-13H2,1H3,(H,23,27). The highest BCUT2D eigenvalue weighted by Gasteiger charge is 2.29. The number of ether oxygens (including phenoxy) is 2. The first kappa shape index (κ1) is 21.9. The highest BCUT2D eigenvalue weighted by Crippen LogP contribution is 2.24. The van der Waals surface area contributed by atoms with Crippen molar-refractivity contribution < 1.29 is 27.1 Å². The number of anilines is 1. The van der Waals surface area contributed by atoms with E-state index in [1.165, 1.54) is 16.8 Å². The molecule has 32 heavy (non-hydrogen) atoms. The smallest absolute Gasteiger partial charge is 0.276 e. The topological polar surface area (TPSA) is 103 Å². The van der Waals surface area contributed by atoms with Crippen molar-refractivity contribution in [3.05, 3.63) is 66.2 Å². The maximum absolute atomic E-state index is 14.4. The van der Waals surface area contributed by atoms with Gasteiger partial charge in [-0.15, -0.1) is 0 Å². The molecule has 1 saturated heterocycles. The number of hydrogen-bond acceptors (Lipinski definition) is 6. The number of nitrogens with one attached hydrogen (secondary N) is 1. The van der Waals surface area contributed by atoms with Gasteiger partial charge >= 0.3 is 0 Å². The second-order valence-corrected chi connectivity index (χ2v) is 8.87. The number of methoxy groups -OCH3 is 1. The summed E-state index contributed by atoms with van der Waals surface area (Å²) < 4.78 is 52.9. The Labute approximate surface area is 184 Å². The predicted octanol–water partition coefficient (Wildman–Crippen LogP) is 2.29. The van der Waals surface area contributed by atoms with E-state index in [9.17, 15) is 17.6 Å². The zero-order valence-electron chi connectivity index (χ0n) is 17.2. The summed E-state index contributed by atoms with van der Waals surface area (Å²) >= 11 is 0. The summed E-state index contributed by atoms with van der Waals surface area (Å²) in [5.74, 6) is -0.755. The van der Waals surface area contributed by atoms with Gasteiger partial charge in [-0.05, 0) is 48.5 Å². The number of carbonyl (C=O) groups is 1. The second-order valence-electron chi connectivity index (χ2n) is 6.96. The lowest BCUT2D eigenvalue weighted by molar-refractivity contribution is 0.0729. The number of halogens is 1. The summed E-state index contributed by atoms with van der Waals surface area (Å²) in [4.78, 5) is 12.1. The molecule has 1 N–H and O–H groups in total. The van der Waals surface area contributed by atoms with Crippen molar-refractivity contribution in [3.8, 4) is 11.4 Å². The van der Waals surface area contributed by atoms with Crippen molar-refractivity contribution in [1.82, 2.24) is 14.1 Å². The van der Waals surface area contributed by atoms with Crippen LogP contribution < -0.4 is 10.1 Å². The lowest BCUT2D eigenvalue weighted by Crippen LogP contribution is -2.40. The molecular weight excluding hydrogens is 439 g/mol. The molecule has 1 fully saturated rings. The molecule has 0 spiro atoms. The van der Waals surface area contributed by atoms with E-state index >= 15 is 0 Å². The lowest BCUT2D eigenvalue weighted by Gasteiger charge is -2.26. The molecule has 1 aliphatic heterocycles. The quantitative estimate of drug-likeness (QED) is 0.606. The zero-order chi connectivity index (χ0) is 22.7. The first-order chi connectivity index (χ1) is 15.4. The molecule has 0 radical (unpaired) electrons. The Hall–Kier alpha value is -3.28. The molecule has 2 heterocycles. The molecule has 0 saturated carbocycles. The number of amides is 1. The van der Waals surface area contributed by atoms with Crippen LogP contribution in [0.25, 0.3) is 5.69 Å². The Morgan fingerprint density at radius 3 is 2.53 bits per heavy atom. The molecule has 168 valence electrons. The van der Waals surface area contributed by atoms with Gasteiger partial charge in [-0.3, -0.25) is 4.79 Å². The minimum absolute atomic E-state index is 0.114. The molecule has 4 rings (SSSR count). The van der Waals surface area contributed by atoms with Crippen molar-refractivity contribution in [2.24, 2.45) is 0 Å². The molecule has 2 aromatic carbocycles. The third-order valence-corrected chi connectivity index (χ3v) is 6.85. The monoisotopic (exact) mass is 460 g/mol. The summed E-state index contributed by atoms with van der Waals surface area (Å²) in [6, 6.07) is 12.1. The Bertz CT molecular complexity index is 1220. The van der Waals surface area contributed by atoms with E-state index in [0.29, 0.717) is 5.75 Å². The van der Waals surface area contributed by atoms with Gasteiger partial charge in [0.25, 0.3) is 5.91 Å². The molecule has 0 bridgehead atoms. The number of benzene rings is 2. The van der Waals surface area contributed by atoms with Crippen LogP contribution in [0, 0.1) is 5.82 Å². The van der Waals surface area contributed by atoms with Gasteiger partial charge in [0, 0.05) is 25.0 Å². The van der Waals surface area contributed by atoms with E-state index in [-0.39, 0.29) is 37.7 Å². The summed E-state index contributed by atoms with van der Waals surface area (Å²) in [7, 11) is -2.49. The van der Waals surface area contributed by atoms with Gasteiger partial charge in [0.15, 0.2) is 5.69 Å². The summed E-state index contributed by atoms with van der Waals surface area (Å²) in [6.07, 6.45) is 1.62. The fourth-order valence-corrected chi connectivity index (χ4v) is 4.72. The Kier molecular flexibility index (Phi) is 6.21. The van der Waals surface area contributed by atoms with Crippen LogP contribution in [0.15, 0.2) is 59.6 Å². The average molecular weight is 460 g/mol. The maximum Gasteiger partial charge on any atom is 0.276 e. The van der Waals surface area contributed by atoms with Crippen LogP contribution in [0.1, 0.15) is 10.5 Å². The van der Waals surface area contributed by atoms with Gasteiger partial charge in [-0.2, -0.15) is 9.40 Å². The van der Waals surface area contributed by atoms with Gasteiger partial charge in [0.1, 0.15) is 16.5 Å². The van der Waals surface area contributed by atoms with Crippen molar-refractivity contribution in [1.29, 1.82) is 0 Å². The number of hydrogen-bond donors (Lipinski definition) is 1. The fraction of sp³-hybridized carbons (Fsp3) is 0.238. The highest BCUT2D eigenvalue weighted by molar-refractivity contribution is 7.89. The molecule has 3 aromatic rings.